The Morgan fingerprint density at radius 3 is 2.00 bits per heavy atom. The molecule has 0 nitrogen and oxygen atoms in total. The van der Waals surface area contributed by atoms with Gasteiger partial charge in [0.25, 0.3) is 0 Å². The van der Waals surface area contributed by atoms with Crippen LogP contribution in [0, 0.1) is 0 Å². The average Bonchev–Trinajstić information content (AvgIpc) is 1.86. The third kappa shape index (κ3) is 5.67. The van der Waals surface area contributed by atoms with Gasteiger partial charge in [0.05, 0.1) is 0 Å². The molecule has 0 rings (SSSR count). The first-order valence-electron chi connectivity index (χ1n) is 4.69. The Morgan fingerprint density at radius 2 is 1.64 bits per heavy atom. The zero-order chi connectivity index (χ0) is 8.91. The summed E-state index contributed by atoms with van der Waals surface area (Å²) in [6.07, 6.45) is 5.68. The topological polar surface area (TPSA) is 0 Å². The molecule has 0 aromatic rings. The molecule has 0 radical (unpaired) electrons. The van der Waals surface area contributed by atoms with Crippen LogP contribution in [0.5, 0.6) is 0 Å². The van der Waals surface area contributed by atoms with Crippen molar-refractivity contribution >= 4 is 7.92 Å². The first-order chi connectivity index (χ1) is 4.98. The Bertz CT molecular complexity index is 91.5. The highest BCUT2D eigenvalue weighted by atomic mass is 31.1. The number of unbranched alkanes of at least 4 members (excludes halogenated alkanes) is 2. The first kappa shape index (κ1) is 11.4. The fraction of sp³-hybridized carbons (Fsp3) is 1.00. The number of hydrogen-bond acceptors (Lipinski definition) is 0. The Hall–Kier alpha value is 0.430. The van der Waals surface area contributed by atoms with Crippen LogP contribution >= 0.6 is 7.92 Å². The second-order valence-corrected chi connectivity index (χ2v) is 7.48. The van der Waals surface area contributed by atoms with E-state index in [1.165, 1.54) is 25.4 Å². The maximum Gasteiger partial charge on any atom is -0.0182 e. The minimum Gasteiger partial charge on any atom is -0.104 e. The second kappa shape index (κ2) is 5.14. The molecule has 0 bridgehead atoms. The van der Waals surface area contributed by atoms with Crippen molar-refractivity contribution in [1.29, 1.82) is 0 Å². The molecule has 0 heterocycles. The van der Waals surface area contributed by atoms with Gasteiger partial charge in [0, 0.05) is 0 Å². The largest absolute Gasteiger partial charge is 0.104 e. The first-order valence-corrected chi connectivity index (χ1v) is 6.67. The van der Waals surface area contributed by atoms with Crippen molar-refractivity contribution in [2.45, 2.75) is 52.1 Å². The Kier molecular flexibility index (Phi) is 5.34. The van der Waals surface area contributed by atoms with E-state index in [9.17, 15) is 0 Å². The zero-order valence-electron chi connectivity index (χ0n) is 8.78. The van der Waals surface area contributed by atoms with E-state index in [-0.39, 0.29) is 7.92 Å². The van der Waals surface area contributed by atoms with Gasteiger partial charge in [0.15, 0.2) is 0 Å². The molecular formula is C10H23P. The van der Waals surface area contributed by atoms with E-state index in [1.807, 2.05) is 0 Å². The molecule has 68 valence electrons. The van der Waals surface area contributed by atoms with Crippen LogP contribution < -0.4 is 0 Å². The minimum atomic E-state index is 0.267. The number of hydrogen-bond donors (Lipinski definition) is 0. The fourth-order valence-corrected chi connectivity index (χ4v) is 2.30. The van der Waals surface area contributed by atoms with Crippen molar-refractivity contribution in [1.82, 2.24) is 0 Å². The summed E-state index contributed by atoms with van der Waals surface area (Å²) >= 11 is 0. The standard InChI is InChI=1S/C10H23P/c1-6-7-8-9-11(5)10(2,3)4/h6-9H2,1-5H3. The molecule has 0 aliphatic heterocycles. The van der Waals surface area contributed by atoms with E-state index in [1.54, 1.807) is 0 Å². The summed E-state index contributed by atoms with van der Waals surface area (Å²) in [6, 6.07) is 0. The third-order valence-electron chi connectivity index (χ3n) is 2.24. The summed E-state index contributed by atoms with van der Waals surface area (Å²) in [7, 11) is 0.267. The summed E-state index contributed by atoms with van der Waals surface area (Å²) in [6.45, 7) is 11.8. The summed E-state index contributed by atoms with van der Waals surface area (Å²) in [5.41, 5.74) is 0. The van der Waals surface area contributed by atoms with Gasteiger partial charge in [-0.05, 0) is 24.4 Å². The monoisotopic (exact) mass is 174 g/mol. The molecule has 0 amide bonds. The molecule has 0 aromatic carbocycles. The smallest absolute Gasteiger partial charge is 0.0182 e. The van der Waals surface area contributed by atoms with Crippen LogP contribution in [-0.2, 0) is 0 Å². The molecule has 0 aliphatic carbocycles. The van der Waals surface area contributed by atoms with Gasteiger partial charge < -0.3 is 0 Å². The van der Waals surface area contributed by atoms with Crippen molar-refractivity contribution in [2.24, 2.45) is 0 Å². The van der Waals surface area contributed by atoms with Crippen molar-refractivity contribution in [2.75, 3.05) is 12.8 Å². The summed E-state index contributed by atoms with van der Waals surface area (Å²) < 4.78 is 0. The van der Waals surface area contributed by atoms with Crippen LogP contribution in [0.2, 0.25) is 0 Å². The highest BCUT2D eigenvalue weighted by molar-refractivity contribution is 7.58. The van der Waals surface area contributed by atoms with Crippen LogP contribution in [0.4, 0.5) is 0 Å². The predicted molar refractivity (Wildman–Crippen MR) is 57.0 cm³/mol. The van der Waals surface area contributed by atoms with Crippen molar-refractivity contribution in [3.8, 4) is 0 Å². The molecule has 0 aliphatic rings. The van der Waals surface area contributed by atoms with Gasteiger partial charge in [-0.1, -0.05) is 40.5 Å². The summed E-state index contributed by atoms with van der Waals surface area (Å²) in [4.78, 5) is 0. The number of rotatable bonds is 4. The molecule has 1 heteroatoms. The van der Waals surface area contributed by atoms with Crippen molar-refractivity contribution in [3.05, 3.63) is 0 Å². The van der Waals surface area contributed by atoms with E-state index in [4.69, 9.17) is 0 Å². The molecular weight excluding hydrogens is 151 g/mol. The van der Waals surface area contributed by atoms with Gasteiger partial charge in [0.1, 0.15) is 0 Å². The van der Waals surface area contributed by atoms with Crippen LogP contribution in [0.1, 0.15) is 47.0 Å². The van der Waals surface area contributed by atoms with E-state index < -0.39 is 0 Å². The highest BCUT2D eigenvalue weighted by Crippen LogP contribution is 2.46. The zero-order valence-corrected chi connectivity index (χ0v) is 9.67. The lowest BCUT2D eigenvalue weighted by atomic mass is 10.2. The molecule has 0 aromatic heterocycles. The normalized spacial score (nSPS) is 15.0. The molecule has 0 saturated heterocycles. The van der Waals surface area contributed by atoms with Crippen LogP contribution in [0.3, 0.4) is 0 Å². The van der Waals surface area contributed by atoms with E-state index in [0.29, 0.717) is 5.16 Å². The summed E-state index contributed by atoms with van der Waals surface area (Å²) in [5, 5.41) is 0.572. The van der Waals surface area contributed by atoms with Gasteiger partial charge in [0.2, 0.25) is 0 Å². The molecule has 0 N–H and O–H groups in total. The molecule has 1 unspecified atom stereocenters. The van der Waals surface area contributed by atoms with Crippen LogP contribution in [0.25, 0.3) is 0 Å². The second-order valence-electron chi connectivity index (χ2n) is 4.30. The lowest BCUT2D eigenvalue weighted by Crippen LogP contribution is -2.12. The quantitative estimate of drug-likeness (QED) is 0.445. The molecule has 1 atom stereocenters. The SMILES string of the molecule is CCCCCP(C)C(C)(C)C. The van der Waals surface area contributed by atoms with E-state index in [0.717, 1.165) is 0 Å². The van der Waals surface area contributed by atoms with E-state index in [2.05, 4.69) is 34.4 Å². The van der Waals surface area contributed by atoms with Crippen molar-refractivity contribution < 1.29 is 0 Å². The average molecular weight is 174 g/mol. The highest BCUT2D eigenvalue weighted by Gasteiger charge is 2.17. The Morgan fingerprint density at radius 1 is 1.09 bits per heavy atom. The molecule has 0 spiro atoms. The maximum absolute atomic E-state index is 2.44. The Labute approximate surface area is 73.5 Å². The molecule has 0 fully saturated rings. The molecule has 11 heavy (non-hydrogen) atoms. The van der Waals surface area contributed by atoms with Gasteiger partial charge in [-0.2, -0.15) is 0 Å². The van der Waals surface area contributed by atoms with Gasteiger partial charge in [-0.3, -0.25) is 0 Å². The minimum absolute atomic E-state index is 0.267. The van der Waals surface area contributed by atoms with Crippen LogP contribution in [-0.4, -0.2) is 18.0 Å². The lowest BCUT2D eigenvalue weighted by molar-refractivity contribution is 0.748. The lowest BCUT2D eigenvalue weighted by Gasteiger charge is -2.27. The summed E-state index contributed by atoms with van der Waals surface area (Å²) in [5.74, 6) is 0. The van der Waals surface area contributed by atoms with Gasteiger partial charge in [-0.15, -0.1) is 7.92 Å². The van der Waals surface area contributed by atoms with Crippen LogP contribution in [0.15, 0.2) is 0 Å². The molecule has 0 saturated carbocycles. The predicted octanol–water partition coefficient (Wildman–Crippen LogP) is 4.09. The van der Waals surface area contributed by atoms with Gasteiger partial charge in [-0.25, -0.2) is 0 Å². The van der Waals surface area contributed by atoms with Crippen molar-refractivity contribution in [3.63, 3.8) is 0 Å². The van der Waals surface area contributed by atoms with E-state index >= 15 is 0 Å². The fourth-order valence-electron chi connectivity index (χ4n) is 0.934. The van der Waals surface area contributed by atoms with Gasteiger partial charge >= 0.3 is 0 Å². The third-order valence-corrected chi connectivity index (χ3v) is 5.52. The Balaban J connectivity index is 3.44. The maximum atomic E-state index is 2.44.